The summed E-state index contributed by atoms with van der Waals surface area (Å²) in [6, 6.07) is 0. The second-order valence-corrected chi connectivity index (χ2v) is 12.4. The van der Waals surface area contributed by atoms with E-state index < -0.39 is 120 Å². The first-order chi connectivity index (χ1) is 18.8. The largest absolute Gasteiger partial charge is 0.460 e. The van der Waals surface area contributed by atoms with Gasteiger partial charge in [-0.3, -0.25) is 4.79 Å². The summed E-state index contributed by atoms with van der Waals surface area (Å²) in [5, 5.41) is 85.8. The molecule has 3 saturated heterocycles. The van der Waals surface area contributed by atoms with Crippen LogP contribution in [0.15, 0.2) is 11.6 Å². The Balaban J connectivity index is 1.48. The molecule has 0 aromatic heterocycles. The number of ether oxygens (including phenoxy) is 4. The summed E-state index contributed by atoms with van der Waals surface area (Å²) in [4.78, 5) is 26.4. The van der Waals surface area contributed by atoms with Gasteiger partial charge in [-0.05, 0) is 25.3 Å². The molecule has 40 heavy (non-hydrogen) atoms. The predicted octanol–water partition coefficient (Wildman–Crippen LogP) is -4.07. The summed E-state index contributed by atoms with van der Waals surface area (Å²) in [5.41, 5.74) is -2.13. The maximum absolute atomic E-state index is 13.6. The Hall–Kier alpha value is -1.56. The molecule has 2 bridgehead atoms. The van der Waals surface area contributed by atoms with Gasteiger partial charge in [0.25, 0.3) is 0 Å². The van der Waals surface area contributed by atoms with Crippen molar-refractivity contribution in [2.45, 2.75) is 81.2 Å². The van der Waals surface area contributed by atoms with Crippen LogP contribution >= 0.6 is 0 Å². The van der Waals surface area contributed by atoms with Gasteiger partial charge in [0, 0.05) is 35.2 Å². The average Bonchev–Trinajstić information content (AvgIpc) is 3.20. The van der Waals surface area contributed by atoms with Crippen LogP contribution in [0.25, 0.3) is 0 Å². The van der Waals surface area contributed by atoms with Gasteiger partial charge in [0.1, 0.15) is 42.7 Å². The second-order valence-electron chi connectivity index (χ2n) is 12.4. The minimum atomic E-state index is -2.33. The molecule has 3 heterocycles. The number of hydrogen-bond donors (Lipinski definition) is 8. The van der Waals surface area contributed by atoms with E-state index in [4.69, 9.17) is 18.9 Å². The monoisotopic (exact) mass is 572 g/mol. The lowest BCUT2D eigenvalue weighted by Gasteiger charge is -2.68. The van der Waals surface area contributed by atoms with Gasteiger partial charge in [0.2, 0.25) is 0 Å². The maximum Gasteiger partial charge on any atom is 0.336 e. The number of aliphatic hydroxyl groups excluding tert-OH is 7. The van der Waals surface area contributed by atoms with Gasteiger partial charge in [-0.2, -0.15) is 0 Å². The number of hydrogen-bond acceptors (Lipinski definition) is 14. The molecule has 2 saturated carbocycles. The number of rotatable bonds is 4. The molecule has 3 aliphatic heterocycles. The van der Waals surface area contributed by atoms with Crippen LogP contribution in [0.2, 0.25) is 0 Å². The first kappa shape index (κ1) is 28.6. The van der Waals surface area contributed by atoms with E-state index in [2.05, 4.69) is 0 Å². The Labute approximate surface area is 228 Å². The van der Waals surface area contributed by atoms with Gasteiger partial charge in [0.05, 0.1) is 13.2 Å². The molecule has 6 rings (SSSR count). The zero-order chi connectivity index (χ0) is 29.1. The summed E-state index contributed by atoms with van der Waals surface area (Å²) < 4.78 is 23.2. The van der Waals surface area contributed by atoms with Crippen LogP contribution in [-0.4, -0.2) is 133 Å². The van der Waals surface area contributed by atoms with Crippen LogP contribution < -0.4 is 0 Å². The van der Waals surface area contributed by atoms with Crippen LogP contribution in [-0.2, 0) is 28.5 Å². The third-order valence-electron chi connectivity index (χ3n) is 10.8. The highest BCUT2D eigenvalue weighted by molar-refractivity contribution is 5.96. The summed E-state index contributed by atoms with van der Waals surface area (Å²) in [5.74, 6) is -7.89. The summed E-state index contributed by atoms with van der Waals surface area (Å²) >= 11 is 0. The fourth-order valence-electron chi connectivity index (χ4n) is 9.08. The Morgan fingerprint density at radius 1 is 1.05 bits per heavy atom. The van der Waals surface area contributed by atoms with Crippen molar-refractivity contribution >= 4 is 11.8 Å². The van der Waals surface area contributed by atoms with Gasteiger partial charge < -0.3 is 59.8 Å². The Morgan fingerprint density at radius 3 is 2.40 bits per heavy atom. The molecule has 0 amide bonds. The number of fused-ring (bicyclic) bond motifs is 1. The van der Waals surface area contributed by atoms with Crippen molar-refractivity contribution in [1.29, 1.82) is 0 Å². The second kappa shape index (κ2) is 9.22. The third kappa shape index (κ3) is 3.32. The molecule has 14 heteroatoms. The van der Waals surface area contributed by atoms with Crippen molar-refractivity contribution in [3.8, 4) is 0 Å². The molecular weight excluding hydrogens is 536 g/mol. The van der Waals surface area contributed by atoms with E-state index in [0.29, 0.717) is 5.57 Å². The van der Waals surface area contributed by atoms with Gasteiger partial charge in [0.15, 0.2) is 24.0 Å². The average molecular weight is 573 g/mol. The van der Waals surface area contributed by atoms with Gasteiger partial charge in [-0.25, -0.2) is 4.79 Å². The summed E-state index contributed by atoms with van der Waals surface area (Å²) in [6.07, 6.45) is -12.9. The molecule has 6 unspecified atom stereocenters. The van der Waals surface area contributed by atoms with E-state index in [1.807, 2.05) is 0 Å². The smallest absolute Gasteiger partial charge is 0.336 e. The highest BCUT2D eigenvalue weighted by atomic mass is 16.7. The van der Waals surface area contributed by atoms with E-state index in [9.17, 15) is 50.4 Å². The number of aliphatic hydroxyl groups is 8. The van der Waals surface area contributed by atoms with Crippen LogP contribution in [0.4, 0.5) is 0 Å². The Kier molecular flexibility index (Phi) is 6.58. The van der Waals surface area contributed by atoms with E-state index in [0.717, 1.165) is 0 Å². The topological polar surface area (TPSA) is 233 Å². The summed E-state index contributed by atoms with van der Waals surface area (Å²) in [6.45, 7) is 1.60. The Morgan fingerprint density at radius 2 is 1.75 bits per heavy atom. The van der Waals surface area contributed by atoms with E-state index >= 15 is 0 Å². The van der Waals surface area contributed by atoms with Gasteiger partial charge >= 0.3 is 5.97 Å². The molecular formula is C26H36O14. The number of ketones is 1. The lowest BCUT2D eigenvalue weighted by atomic mass is 9.38. The molecule has 1 spiro atoms. The van der Waals surface area contributed by atoms with Crippen molar-refractivity contribution in [1.82, 2.24) is 0 Å². The highest BCUT2D eigenvalue weighted by Gasteiger charge is 2.84. The molecule has 0 aromatic carbocycles. The number of allylic oxidation sites excluding steroid dienone is 1. The number of esters is 1. The van der Waals surface area contributed by atoms with Crippen LogP contribution in [0.3, 0.4) is 0 Å². The molecule has 14 nitrogen and oxygen atoms in total. The van der Waals surface area contributed by atoms with Crippen molar-refractivity contribution in [3.05, 3.63) is 11.6 Å². The van der Waals surface area contributed by atoms with Crippen LogP contribution in [0, 0.1) is 34.5 Å². The third-order valence-corrected chi connectivity index (χ3v) is 10.8. The summed E-state index contributed by atoms with van der Waals surface area (Å²) in [7, 11) is 0. The number of carbonyl (C=O) groups excluding carboxylic acids is 2. The predicted molar refractivity (Wildman–Crippen MR) is 126 cm³/mol. The van der Waals surface area contributed by atoms with Crippen molar-refractivity contribution in [2.24, 2.45) is 34.5 Å². The molecule has 0 radical (unpaired) electrons. The molecule has 6 aliphatic rings. The first-order valence-electron chi connectivity index (χ1n) is 13.5. The van der Waals surface area contributed by atoms with Crippen molar-refractivity contribution in [2.75, 3.05) is 19.8 Å². The normalized spacial score (nSPS) is 57.1. The van der Waals surface area contributed by atoms with Crippen molar-refractivity contribution < 1.29 is 69.4 Å². The van der Waals surface area contributed by atoms with Gasteiger partial charge in [-0.1, -0.05) is 12.5 Å². The molecule has 3 aliphatic carbocycles. The molecule has 0 aromatic rings. The van der Waals surface area contributed by atoms with Crippen molar-refractivity contribution in [3.63, 3.8) is 0 Å². The van der Waals surface area contributed by atoms with E-state index in [1.54, 1.807) is 13.8 Å². The quantitative estimate of drug-likeness (QED) is 0.150. The van der Waals surface area contributed by atoms with E-state index in [1.165, 1.54) is 6.08 Å². The minimum absolute atomic E-state index is 0.155. The van der Waals surface area contributed by atoms with Crippen LogP contribution in [0.1, 0.15) is 20.3 Å². The minimum Gasteiger partial charge on any atom is -0.460 e. The number of carbonyl (C=O) groups is 2. The SMILES string of the molecule is CC1=CC(=O)[C@@H](O)[C@]2(C)[C@H]3C4(O)OC[C@]35[C@H]([C@@H](CO)[C@H]4O)[C@@H](OC3OC(CO)C(O)C(O)C3O)C(=O)O[C@@H]5C[C@@H]12. The van der Waals surface area contributed by atoms with Gasteiger partial charge in [-0.15, -0.1) is 0 Å². The van der Waals surface area contributed by atoms with E-state index in [-0.39, 0.29) is 13.0 Å². The van der Waals surface area contributed by atoms with Crippen LogP contribution in [0.5, 0.6) is 0 Å². The zero-order valence-electron chi connectivity index (χ0n) is 21.9. The molecule has 8 N–H and O–H groups in total. The fraction of sp³-hybridized carbons (Fsp3) is 0.846. The molecule has 224 valence electrons. The Bertz CT molecular complexity index is 1110. The lowest BCUT2D eigenvalue weighted by molar-refractivity contribution is -0.361. The maximum atomic E-state index is 13.6. The fourth-order valence-corrected chi connectivity index (χ4v) is 9.08. The lowest BCUT2D eigenvalue weighted by Crippen LogP contribution is -2.78. The molecule has 5 fully saturated rings. The zero-order valence-corrected chi connectivity index (χ0v) is 21.9. The highest BCUT2D eigenvalue weighted by Crippen LogP contribution is 2.73. The standard InChI is InChI=1S/C26H36O14/c1-8-3-11(29)20(34)24(2)10(8)4-13-25-7-37-26(36,23(24)25)19(33)9(5-27)14(25)18(21(35)39-13)40-22-17(32)16(31)15(30)12(6-28)38-22/h3,9-10,12-20,22-23,27-28,30-34,36H,4-7H2,1-2H3/t9-,10+,12?,13-,14-,15?,16?,17?,18-,19-,20-,22?,23-,24-,25+,26?/m1/s1. The first-order valence-corrected chi connectivity index (χ1v) is 13.5. The molecule has 16 atom stereocenters.